The van der Waals surface area contributed by atoms with Gasteiger partial charge < -0.3 is 11.5 Å². The SMILES string of the molecule is NC(=O)C1CCCCN1CC(=O)c1c(N)n(Cc2ccccc2)c(=O)n(C2CCCCC2)c1=O. The number of aromatic nitrogens is 2. The number of anilines is 1. The van der Waals surface area contributed by atoms with Gasteiger partial charge >= 0.3 is 5.69 Å². The molecule has 1 unspecified atom stereocenters. The fourth-order valence-electron chi connectivity index (χ4n) is 5.29. The van der Waals surface area contributed by atoms with Crippen molar-refractivity contribution in [3.05, 3.63) is 62.3 Å². The van der Waals surface area contributed by atoms with Crippen LogP contribution in [0.15, 0.2) is 39.9 Å². The van der Waals surface area contributed by atoms with E-state index in [2.05, 4.69) is 0 Å². The van der Waals surface area contributed by atoms with Crippen molar-refractivity contribution in [2.45, 2.75) is 70.0 Å². The van der Waals surface area contributed by atoms with Crippen LogP contribution in [0, 0.1) is 0 Å². The molecule has 9 nitrogen and oxygen atoms in total. The first kappa shape index (κ1) is 23.9. The van der Waals surface area contributed by atoms with Gasteiger partial charge in [0.15, 0.2) is 5.78 Å². The highest BCUT2D eigenvalue weighted by molar-refractivity contribution is 6.01. The van der Waals surface area contributed by atoms with Gasteiger partial charge in [0.1, 0.15) is 11.4 Å². The predicted octanol–water partition coefficient (Wildman–Crippen LogP) is 1.67. The molecule has 1 atom stereocenters. The van der Waals surface area contributed by atoms with E-state index in [1.54, 1.807) is 4.90 Å². The lowest BCUT2D eigenvalue weighted by molar-refractivity contribution is -0.124. The second-order valence-electron chi connectivity index (χ2n) is 9.39. The predicted molar refractivity (Wildman–Crippen MR) is 130 cm³/mol. The average molecular weight is 468 g/mol. The van der Waals surface area contributed by atoms with Crippen LogP contribution in [0.25, 0.3) is 0 Å². The van der Waals surface area contributed by atoms with E-state index in [9.17, 15) is 19.2 Å². The van der Waals surface area contributed by atoms with Crippen LogP contribution in [0.1, 0.15) is 73.3 Å². The van der Waals surface area contributed by atoms with Crippen molar-refractivity contribution in [1.82, 2.24) is 14.0 Å². The van der Waals surface area contributed by atoms with Crippen LogP contribution < -0.4 is 22.7 Å². The summed E-state index contributed by atoms with van der Waals surface area (Å²) >= 11 is 0. The molecular weight excluding hydrogens is 434 g/mol. The molecule has 4 rings (SSSR count). The summed E-state index contributed by atoms with van der Waals surface area (Å²) in [5.41, 5.74) is 11.5. The number of benzene rings is 1. The van der Waals surface area contributed by atoms with Crippen molar-refractivity contribution in [3.8, 4) is 0 Å². The third kappa shape index (κ3) is 4.84. The molecule has 0 spiro atoms. The number of ketones is 1. The van der Waals surface area contributed by atoms with Crippen molar-refractivity contribution in [3.63, 3.8) is 0 Å². The zero-order valence-electron chi connectivity index (χ0n) is 19.4. The Kier molecular flexibility index (Phi) is 7.31. The van der Waals surface area contributed by atoms with Crippen molar-refractivity contribution >= 4 is 17.5 Å². The molecule has 2 aromatic rings. The van der Waals surface area contributed by atoms with Gasteiger partial charge in [-0.25, -0.2) is 4.79 Å². The average Bonchev–Trinajstić information content (AvgIpc) is 2.83. The van der Waals surface area contributed by atoms with Gasteiger partial charge in [0, 0.05) is 6.04 Å². The molecule has 1 amide bonds. The summed E-state index contributed by atoms with van der Waals surface area (Å²) < 4.78 is 2.58. The van der Waals surface area contributed by atoms with E-state index in [0.29, 0.717) is 25.8 Å². The van der Waals surface area contributed by atoms with Gasteiger partial charge in [-0.05, 0) is 37.8 Å². The highest BCUT2D eigenvalue weighted by Crippen LogP contribution is 2.26. The summed E-state index contributed by atoms with van der Waals surface area (Å²) in [5.74, 6) is -1.08. The van der Waals surface area contributed by atoms with Crippen molar-refractivity contribution < 1.29 is 9.59 Å². The lowest BCUT2D eigenvalue weighted by atomic mass is 9.95. The van der Waals surface area contributed by atoms with E-state index in [1.165, 1.54) is 9.13 Å². The van der Waals surface area contributed by atoms with Gasteiger partial charge in [-0.2, -0.15) is 0 Å². The van der Waals surface area contributed by atoms with Gasteiger partial charge in [0.2, 0.25) is 5.91 Å². The van der Waals surface area contributed by atoms with Crippen molar-refractivity contribution in [1.29, 1.82) is 0 Å². The van der Waals surface area contributed by atoms with Gasteiger partial charge in [-0.15, -0.1) is 0 Å². The van der Waals surface area contributed by atoms with Crippen molar-refractivity contribution in [2.24, 2.45) is 5.73 Å². The number of amides is 1. The number of nitrogens with zero attached hydrogens (tertiary/aromatic N) is 3. The maximum atomic E-state index is 13.6. The van der Waals surface area contributed by atoms with Gasteiger partial charge in [-0.1, -0.05) is 56.0 Å². The number of hydrogen-bond donors (Lipinski definition) is 2. The molecule has 0 radical (unpaired) electrons. The van der Waals surface area contributed by atoms with E-state index in [0.717, 1.165) is 37.7 Å². The fourth-order valence-corrected chi connectivity index (χ4v) is 5.29. The van der Waals surface area contributed by atoms with E-state index < -0.39 is 29.0 Å². The second kappa shape index (κ2) is 10.4. The molecule has 182 valence electrons. The van der Waals surface area contributed by atoms with E-state index in [-0.39, 0.29) is 30.5 Å². The molecule has 2 aliphatic rings. The number of rotatable bonds is 7. The Morgan fingerprint density at radius 3 is 2.29 bits per heavy atom. The van der Waals surface area contributed by atoms with Crippen LogP contribution in [0.3, 0.4) is 0 Å². The Labute approximate surface area is 198 Å². The first-order valence-electron chi connectivity index (χ1n) is 12.1. The molecule has 1 aromatic heterocycles. The maximum Gasteiger partial charge on any atom is 0.333 e. The Balaban J connectivity index is 1.78. The van der Waals surface area contributed by atoms with Crippen LogP contribution in [0.2, 0.25) is 0 Å². The number of nitrogen functional groups attached to an aromatic ring is 1. The number of Topliss-reactive ketones (excluding diaryl/α,β-unsaturated/α-hetero) is 1. The van der Waals surface area contributed by atoms with Crippen LogP contribution in [0.4, 0.5) is 5.82 Å². The number of piperidine rings is 1. The highest BCUT2D eigenvalue weighted by atomic mass is 16.2. The second-order valence-corrected chi connectivity index (χ2v) is 9.39. The molecule has 1 saturated carbocycles. The summed E-state index contributed by atoms with van der Waals surface area (Å²) in [6.07, 6.45) is 6.63. The summed E-state index contributed by atoms with van der Waals surface area (Å²) in [6, 6.07) is 8.54. The molecule has 1 saturated heterocycles. The summed E-state index contributed by atoms with van der Waals surface area (Å²) in [6.45, 7) is 0.563. The van der Waals surface area contributed by atoms with Crippen molar-refractivity contribution in [2.75, 3.05) is 18.8 Å². The molecule has 9 heteroatoms. The van der Waals surface area contributed by atoms with Gasteiger partial charge in [0.05, 0.1) is 19.1 Å². The Bertz CT molecular complexity index is 1160. The molecule has 4 N–H and O–H groups in total. The summed E-state index contributed by atoms with van der Waals surface area (Å²) in [5, 5.41) is 0. The molecular formula is C25H33N5O4. The minimum absolute atomic E-state index is 0.122. The molecule has 34 heavy (non-hydrogen) atoms. The normalized spacial score (nSPS) is 19.7. The van der Waals surface area contributed by atoms with E-state index >= 15 is 0 Å². The topological polar surface area (TPSA) is 133 Å². The third-order valence-electron chi connectivity index (χ3n) is 7.11. The highest BCUT2D eigenvalue weighted by Gasteiger charge is 2.32. The lowest BCUT2D eigenvalue weighted by Gasteiger charge is -2.33. The fraction of sp³-hybridized carbons (Fsp3) is 0.520. The number of carbonyl (C=O) groups is 2. The lowest BCUT2D eigenvalue weighted by Crippen LogP contribution is -2.51. The van der Waals surface area contributed by atoms with Gasteiger partial charge in [-0.3, -0.25) is 28.4 Å². The Morgan fingerprint density at radius 1 is 0.941 bits per heavy atom. The van der Waals surface area contributed by atoms with Crippen LogP contribution in [-0.4, -0.2) is 44.9 Å². The zero-order valence-corrected chi connectivity index (χ0v) is 19.4. The first-order chi connectivity index (χ1) is 16.4. The number of nitrogens with two attached hydrogens (primary N) is 2. The minimum atomic E-state index is -0.628. The number of carbonyl (C=O) groups excluding carboxylic acids is 2. The van der Waals surface area contributed by atoms with E-state index in [1.807, 2.05) is 30.3 Å². The zero-order chi connectivity index (χ0) is 24.2. The Morgan fingerprint density at radius 2 is 1.62 bits per heavy atom. The number of primary amides is 1. The minimum Gasteiger partial charge on any atom is -0.384 e. The van der Waals surface area contributed by atoms with Crippen LogP contribution >= 0.6 is 0 Å². The molecule has 1 aliphatic heterocycles. The molecule has 2 heterocycles. The quantitative estimate of drug-likeness (QED) is 0.595. The largest absolute Gasteiger partial charge is 0.384 e. The summed E-state index contributed by atoms with van der Waals surface area (Å²) in [4.78, 5) is 54.1. The van der Waals surface area contributed by atoms with Gasteiger partial charge in [0.25, 0.3) is 5.56 Å². The Hall–Kier alpha value is -3.20. The van der Waals surface area contributed by atoms with Crippen LogP contribution in [-0.2, 0) is 11.3 Å². The number of hydrogen-bond acceptors (Lipinski definition) is 6. The molecule has 2 fully saturated rings. The maximum absolute atomic E-state index is 13.6. The smallest absolute Gasteiger partial charge is 0.333 e. The molecule has 1 aliphatic carbocycles. The third-order valence-corrected chi connectivity index (χ3v) is 7.11. The van der Waals surface area contributed by atoms with E-state index in [4.69, 9.17) is 11.5 Å². The van der Waals surface area contributed by atoms with Crippen LogP contribution in [0.5, 0.6) is 0 Å². The first-order valence-corrected chi connectivity index (χ1v) is 12.1. The summed E-state index contributed by atoms with van der Waals surface area (Å²) in [7, 11) is 0. The standard InChI is InChI=1S/C25H33N5O4/c26-22-21(20(31)16-28-14-8-7-13-19(28)23(27)32)24(33)30(18-11-5-2-6-12-18)25(34)29(22)15-17-9-3-1-4-10-17/h1,3-4,9-10,18-19H,2,5-8,11-16,26H2,(H2,27,32). The molecule has 1 aromatic carbocycles. The number of likely N-dealkylation sites (tertiary alicyclic amines) is 1. The molecule has 0 bridgehead atoms. The monoisotopic (exact) mass is 467 g/mol.